The summed E-state index contributed by atoms with van der Waals surface area (Å²) in [6.45, 7) is 5.71. The molecule has 0 amide bonds. The van der Waals surface area contributed by atoms with Crippen LogP contribution in [0.25, 0.3) is 17.5 Å². The third-order valence-electron chi connectivity index (χ3n) is 3.53. The van der Waals surface area contributed by atoms with E-state index in [1.807, 2.05) is 18.2 Å². The van der Waals surface area contributed by atoms with E-state index in [-0.39, 0.29) is 11.9 Å². The lowest BCUT2D eigenvalue weighted by atomic mass is 10.1. The molecule has 0 spiro atoms. The summed E-state index contributed by atoms with van der Waals surface area (Å²) in [7, 11) is 0. The van der Waals surface area contributed by atoms with Crippen LogP contribution < -0.4 is 4.74 Å². The van der Waals surface area contributed by atoms with Crippen LogP contribution >= 0.6 is 0 Å². The summed E-state index contributed by atoms with van der Waals surface area (Å²) in [5.74, 6) is 0.461. The molecule has 1 N–H and O–H groups in total. The third kappa shape index (κ3) is 6.12. The van der Waals surface area contributed by atoms with Crippen molar-refractivity contribution in [2.45, 2.75) is 32.3 Å². The molecule has 0 bridgehead atoms. The zero-order chi connectivity index (χ0) is 18.1. The fourth-order valence-electron chi connectivity index (χ4n) is 2.25. The van der Waals surface area contributed by atoms with Gasteiger partial charge in [0.1, 0.15) is 12.4 Å². The maximum Gasteiger partial charge on any atom is 0.162 e. The van der Waals surface area contributed by atoms with Gasteiger partial charge in [-0.1, -0.05) is 30.9 Å². The second-order valence-corrected chi connectivity index (χ2v) is 5.76. The normalized spacial score (nSPS) is 12.3. The van der Waals surface area contributed by atoms with Crippen molar-refractivity contribution in [1.29, 1.82) is 0 Å². The first-order valence-electron chi connectivity index (χ1n) is 8.30. The Morgan fingerprint density at radius 3 is 2.72 bits per heavy atom. The first kappa shape index (κ1) is 18.8. The molecule has 5 heteroatoms. The quantitative estimate of drug-likeness (QED) is 0.542. The number of halogens is 1. The highest BCUT2D eigenvalue weighted by Crippen LogP contribution is 2.22. The topological polar surface area (TPSA) is 55.2 Å². The lowest BCUT2D eigenvalue weighted by molar-refractivity contribution is 0.182. The van der Waals surface area contributed by atoms with Crippen molar-refractivity contribution >= 4 is 6.08 Å². The number of allylic oxidation sites excluding steroid dienone is 1. The van der Waals surface area contributed by atoms with E-state index in [1.165, 1.54) is 18.5 Å². The number of unbranched alkanes of at least 4 members (excludes halogenated alkanes) is 1. The van der Waals surface area contributed by atoms with Crippen LogP contribution in [0.5, 0.6) is 5.75 Å². The molecular formula is C20H23FN2O2. The van der Waals surface area contributed by atoms with Crippen molar-refractivity contribution in [2.75, 3.05) is 6.61 Å². The minimum atomic E-state index is -0.370. The van der Waals surface area contributed by atoms with Gasteiger partial charge in [0.05, 0.1) is 24.1 Å². The third-order valence-corrected chi connectivity index (χ3v) is 3.53. The molecule has 132 valence electrons. The standard InChI is InChI=1S/C20H23FN2O2/c1-3-11-25-17-13-22-20(23-14-17)18-10-9-16(12-19(18)21)8-6-4-5-7-15(2)24/h3,6,8-10,12-15,24H,1,4-5,7,11H2,2H3/b8-6+. The molecule has 2 rings (SSSR count). The first-order valence-corrected chi connectivity index (χ1v) is 8.30. The molecule has 0 aliphatic carbocycles. The van der Waals surface area contributed by atoms with Crippen LogP contribution in [0.1, 0.15) is 31.7 Å². The Balaban J connectivity index is 2.01. The van der Waals surface area contributed by atoms with Crippen LogP contribution in [0.2, 0.25) is 0 Å². The lowest BCUT2D eigenvalue weighted by Crippen LogP contribution is -1.97. The van der Waals surface area contributed by atoms with Crippen molar-refractivity contribution in [1.82, 2.24) is 9.97 Å². The van der Waals surface area contributed by atoms with Gasteiger partial charge in [-0.3, -0.25) is 0 Å². The van der Waals surface area contributed by atoms with Gasteiger partial charge in [0, 0.05) is 0 Å². The highest BCUT2D eigenvalue weighted by atomic mass is 19.1. The average Bonchev–Trinajstić information content (AvgIpc) is 2.60. The summed E-state index contributed by atoms with van der Waals surface area (Å²) in [4.78, 5) is 8.29. The van der Waals surface area contributed by atoms with Gasteiger partial charge >= 0.3 is 0 Å². The van der Waals surface area contributed by atoms with E-state index in [4.69, 9.17) is 4.74 Å². The molecule has 1 aromatic carbocycles. The highest BCUT2D eigenvalue weighted by molar-refractivity contribution is 5.60. The Kier molecular flexibility index (Phi) is 7.29. The van der Waals surface area contributed by atoms with Gasteiger partial charge in [-0.15, -0.1) is 0 Å². The maximum atomic E-state index is 14.3. The van der Waals surface area contributed by atoms with Gasteiger partial charge < -0.3 is 9.84 Å². The average molecular weight is 342 g/mol. The minimum Gasteiger partial charge on any atom is -0.486 e. The summed E-state index contributed by atoms with van der Waals surface area (Å²) in [5, 5.41) is 9.21. The number of nitrogens with zero attached hydrogens (tertiary/aromatic N) is 2. The van der Waals surface area contributed by atoms with Crippen LogP contribution in [-0.4, -0.2) is 27.8 Å². The Labute approximate surface area is 147 Å². The van der Waals surface area contributed by atoms with Crippen molar-refractivity contribution in [2.24, 2.45) is 0 Å². The van der Waals surface area contributed by atoms with Crippen LogP contribution in [0.4, 0.5) is 4.39 Å². The second kappa shape index (κ2) is 9.69. The first-order chi connectivity index (χ1) is 12.1. The van der Waals surface area contributed by atoms with E-state index in [9.17, 15) is 9.50 Å². The fraction of sp³-hybridized carbons (Fsp3) is 0.300. The Morgan fingerprint density at radius 1 is 1.32 bits per heavy atom. The predicted molar refractivity (Wildman–Crippen MR) is 97.7 cm³/mol. The smallest absolute Gasteiger partial charge is 0.162 e. The number of ether oxygens (including phenoxy) is 1. The Morgan fingerprint density at radius 2 is 2.08 bits per heavy atom. The van der Waals surface area contributed by atoms with Gasteiger partial charge in [0.15, 0.2) is 11.6 Å². The molecule has 1 unspecified atom stereocenters. The fourth-order valence-corrected chi connectivity index (χ4v) is 2.25. The van der Waals surface area contributed by atoms with E-state index in [0.717, 1.165) is 24.8 Å². The predicted octanol–water partition coefficient (Wildman–Crippen LogP) is 4.41. The van der Waals surface area contributed by atoms with Crippen LogP contribution in [0.15, 0.2) is 49.3 Å². The molecule has 0 radical (unpaired) electrons. The Hall–Kier alpha value is -2.53. The molecule has 2 aromatic rings. The van der Waals surface area contributed by atoms with Gasteiger partial charge in [0.2, 0.25) is 0 Å². The van der Waals surface area contributed by atoms with E-state index in [1.54, 1.807) is 19.1 Å². The summed E-state index contributed by atoms with van der Waals surface area (Å²) < 4.78 is 19.6. The number of rotatable bonds is 9. The molecule has 1 atom stereocenters. The zero-order valence-electron chi connectivity index (χ0n) is 14.4. The summed E-state index contributed by atoms with van der Waals surface area (Å²) in [6, 6.07) is 4.96. The maximum absolute atomic E-state index is 14.3. The lowest BCUT2D eigenvalue weighted by Gasteiger charge is -2.05. The number of aliphatic hydroxyl groups excluding tert-OH is 1. The van der Waals surface area contributed by atoms with E-state index in [0.29, 0.717) is 23.7 Å². The Bertz CT molecular complexity index is 712. The van der Waals surface area contributed by atoms with E-state index >= 15 is 0 Å². The van der Waals surface area contributed by atoms with E-state index < -0.39 is 0 Å². The molecule has 0 saturated carbocycles. The van der Waals surface area contributed by atoms with Crippen LogP contribution in [-0.2, 0) is 0 Å². The minimum absolute atomic E-state index is 0.279. The molecule has 0 aliphatic rings. The largest absolute Gasteiger partial charge is 0.486 e. The van der Waals surface area contributed by atoms with Crippen LogP contribution in [0, 0.1) is 5.82 Å². The molecule has 1 heterocycles. The molecule has 1 aromatic heterocycles. The number of hydrogen-bond donors (Lipinski definition) is 1. The van der Waals surface area contributed by atoms with Gasteiger partial charge in [-0.25, -0.2) is 14.4 Å². The molecule has 25 heavy (non-hydrogen) atoms. The van der Waals surface area contributed by atoms with Gasteiger partial charge in [-0.2, -0.15) is 0 Å². The summed E-state index contributed by atoms with van der Waals surface area (Å²) >= 11 is 0. The number of aromatic nitrogens is 2. The number of benzene rings is 1. The van der Waals surface area contributed by atoms with Gasteiger partial charge in [-0.05, 0) is 43.9 Å². The second-order valence-electron chi connectivity index (χ2n) is 5.76. The van der Waals surface area contributed by atoms with Crippen molar-refractivity contribution < 1.29 is 14.2 Å². The molecule has 0 aliphatic heterocycles. The number of hydrogen-bond acceptors (Lipinski definition) is 4. The molecule has 0 fully saturated rings. The van der Waals surface area contributed by atoms with Crippen LogP contribution in [0.3, 0.4) is 0 Å². The monoisotopic (exact) mass is 342 g/mol. The summed E-state index contributed by atoms with van der Waals surface area (Å²) in [6.07, 6.45) is 10.8. The SMILES string of the molecule is C=CCOc1cnc(-c2ccc(/C=C/CCCC(C)O)cc2F)nc1. The molecule has 0 saturated heterocycles. The van der Waals surface area contributed by atoms with Crippen molar-refractivity contribution in [3.63, 3.8) is 0 Å². The van der Waals surface area contributed by atoms with Crippen molar-refractivity contribution in [3.05, 3.63) is 60.7 Å². The summed E-state index contributed by atoms with van der Waals surface area (Å²) in [5.41, 5.74) is 1.13. The molecule has 4 nitrogen and oxygen atoms in total. The van der Waals surface area contributed by atoms with Crippen molar-refractivity contribution in [3.8, 4) is 17.1 Å². The number of aliphatic hydroxyl groups is 1. The zero-order valence-corrected chi connectivity index (χ0v) is 14.4. The van der Waals surface area contributed by atoms with E-state index in [2.05, 4.69) is 16.5 Å². The molecular weight excluding hydrogens is 319 g/mol. The van der Waals surface area contributed by atoms with Gasteiger partial charge in [0.25, 0.3) is 0 Å². The highest BCUT2D eigenvalue weighted by Gasteiger charge is 2.08.